The molecule has 0 radical (unpaired) electrons. The van der Waals surface area contributed by atoms with E-state index in [-0.39, 0.29) is 10.7 Å². The van der Waals surface area contributed by atoms with Crippen LogP contribution in [0.25, 0.3) is 0 Å². The molecule has 11 heteroatoms. The van der Waals surface area contributed by atoms with Gasteiger partial charge < -0.3 is 20.5 Å². The minimum absolute atomic E-state index is 0.0601. The molecule has 186 valence electrons. The van der Waals surface area contributed by atoms with Crippen LogP contribution in [-0.2, 0) is 26.1 Å². The van der Waals surface area contributed by atoms with E-state index in [0.29, 0.717) is 12.2 Å². The lowest BCUT2D eigenvalue weighted by molar-refractivity contribution is -0.136. The highest BCUT2D eigenvalue weighted by Gasteiger charge is 2.22. The standard InChI is InChI=1S/C16H23N3O4.C7H8O3S/c1-10(19-15(21)23-16(2,3)4)14(20)22-12-7-5-11(6-8-12)9-13(17)18;1-6-2-4-7(5-3-6)11(8,9)10/h5-8,10H,9H2,1-4H3,(H3,17,18)(H,19,21);2-5H,1H3,(H,8,9,10)/t10-;/m0./s1. The molecule has 1 atom stereocenters. The molecule has 10 nitrogen and oxygen atoms in total. The number of rotatable bonds is 6. The molecule has 0 heterocycles. The van der Waals surface area contributed by atoms with Crippen LogP contribution in [0, 0.1) is 12.3 Å². The van der Waals surface area contributed by atoms with E-state index < -0.39 is 33.8 Å². The van der Waals surface area contributed by atoms with Crippen molar-refractivity contribution in [1.29, 1.82) is 5.41 Å². The Balaban J connectivity index is 0.000000437. The Bertz CT molecular complexity index is 1090. The number of aryl methyl sites for hydroxylation is 1. The molecule has 0 aliphatic rings. The maximum atomic E-state index is 11.9. The monoisotopic (exact) mass is 493 g/mol. The van der Waals surface area contributed by atoms with Gasteiger partial charge in [0.15, 0.2) is 0 Å². The zero-order chi connectivity index (χ0) is 26.1. The SMILES string of the molecule is C[C@H](NC(=O)OC(C)(C)C)C(=O)Oc1ccc(CC(=N)N)cc1.Cc1ccc(S(=O)(=O)O)cc1. The van der Waals surface area contributed by atoms with Crippen molar-refractivity contribution in [3.05, 3.63) is 59.7 Å². The van der Waals surface area contributed by atoms with Crippen molar-refractivity contribution in [3.8, 4) is 5.75 Å². The third-order valence-electron chi connectivity index (χ3n) is 3.94. The summed E-state index contributed by atoms with van der Waals surface area (Å²) in [7, 11) is -4.02. The van der Waals surface area contributed by atoms with Crippen LogP contribution in [0.4, 0.5) is 4.79 Å². The van der Waals surface area contributed by atoms with Gasteiger partial charge in [-0.25, -0.2) is 9.59 Å². The van der Waals surface area contributed by atoms with Crippen LogP contribution < -0.4 is 15.8 Å². The highest BCUT2D eigenvalue weighted by Crippen LogP contribution is 2.14. The number of esters is 1. The van der Waals surface area contributed by atoms with E-state index in [0.717, 1.165) is 11.1 Å². The normalized spacial score (nSPS) is 11.9. The molecule has 5 N–H and O–H groups in total. The van der Waals surface area contributed by atoms with Crippen LogP contribution in [0.3, 0.4) is 0 Å². The third kappa shape index (κ3) is 11.4. The van der Waals surface area contributed by atoms with Crippen molar-refractivity contribution in [3.63, 3.8) is 0 Å². The molecular weight excluding hydrogens is 462 g/mol. The molecule has 0 spiro atoms. The Kier molecular flexibility index (Phi) is 10.2. The largest absolute Gasteiger partial charge is 0.444 e. The second-order valence-electron chi connectivity index (χ2n) is 8.42. The van der Waals surface area contributed by atoms with Crippen molar-refractivity contribution in [2.45, 2.75) is 57.6 Å². The molecule has 0 saturated heterocycles. The van der Waals surface area contributed by atoms with Crippen molar-refractivity contribution >= 4 is 28.0 Å². The maximum absolute atomic E-state index is 11.9. The number of ether oxygens (including phenoxy) is 2. The van der Waals surface area contributed by atoms with Crippen LogP contribution in [0.2, 0.25) is 0 Å². The molecule has 0 aliphatic heterocycles. The van der Waals surface area contributed by atoms with Gasteiger partial charge in [0.2, 0.25) is 0 Å². The minimum atomic E-state index is -4.02. The lowest BCUT2D eigenvalue weighted by atomic mass is 10.1. The number of benzene rings is 2. The number of amidine groups is 1. The first kappa shape index (κ1) is 28.6. The van der Waals surface area contributed by atoms with E-state index in [1.807, 2.05) is 6.92 Å². The Morgan fingerprint density at radius 2 is 1.62 bits per heavy atom. The van der Waals surface area contributed by atoms with Crippen molar-refractivity contribution in [2.24, 2.45) is 5.73 Å². The predicted molar refractivity (Wildman–Crippen MR) is 128 cm³/mol. The molecular formula is C23H31N3O7S. The van der Waals surface area contributed by atoms with Crippen molar-refractivity contribution in [1.82, 2.24) is 5.32 Å². The topological polar surface area (TPSA) is 169 Å². The van der Waals surface area contributed by atoms with Gasteiger partial charge in [-0.2, -0.15) is 8.42 Å². The second kappa shape index (κ2) is 12.1. The Hall–Kier alpha value is -3.44. The highest BCUT2D eigenvalue weighted by atomic mass is 32.2. The quantitative estimate of drug-likeness (QED) is 0.156. The van der Waals surface area contributed by atoms with Crippen LogP contribution in [0.5, 0.6) is 5.75 Å². The summed E-state index contributed by atoms with van der Waals surface area (Å²) in [5.74, 6) is -0.194. The van der Waals surface area contributed by atoms with E-state index in [1.165, 1.54) is 19.1 Å². The maximum Gasteiger partial charge on any atom is 0.408 e. The van der Waals surface area contributed by atoms with Crippen LogP contribution in [0.15, 0.2) is 53.4 Å². The number of alkyl carbamates (subject to hydrolysis) is 1. The summed E-state index contributed by atoms with van der Waals surface area (Å²) in [6.07, 6.45) is -0.344. The van der Waals surface area contributed by atoms with Gasteiger partial charge in [-0.1, -0.05) is 29.8 Å². The number of nitrogens with one attached hydrogen (secondary N) is 2. The number of hydrogen-bond acceptors (Lipinski definition) is 7. The molecule has 0 fully saturated rings. The average Bonchev–Trinajstić information content (AvgIpc) is 2.67. The van der Waals surface area contributed by atoms with E-state index in [1.54, 1.807) is 57.2 Å². The summed E-state index contributed by atoms with van der Waals surface area (Å²) in [5.41, 5.74) is 6.48. The van der Waals surface area contributed by atoms with E-state index in [4.69, 9.17) is 25.2 Å². The van der Waals surface area contributed by atoms with Crippen LogP contribution in [0.1, 0.15) is 38.8 Å². The Labute approximate surface area is 199 Å². The smallest absolute Gasteiger partial charge is 0.408 e. The first-order chi connectivity index (χ1) is 15.6. The van der Waals surface area contributed by atoms with Gasteiger partial charge in [0.05, 0.1) is 10.7 Å². The zero-order valence-electron chi connectivity index (χ0n) is 19.8. The summed E-state index contributed by atoms with van der Waals surface area (Å²) in [6, 6.07) is 11.8. The molecule has 0 bridgehead atoms. The summed E-state index contributed by atoms with van der Waals surface area (Å²) in [4.78, 5) is 23.5. The van der Waals surface area contributed by atoms with Gasteiger partial charge >= 0.3 is 12.1 Å². The van der Waals surface area contributed by atoms with Gasteiger partial charge in [-0.05, 0) is 64.4 Å². The second-order valence-corrected chi connectivity index (χ2v) is 9.84. The third-order valence-corrected chi connectivity index (χ3v) is 4.81. The van der Waals surface area contributed by atoms with Gasteiger partial charge in [-0.15, -0.1) is 0 Å². The van der Waals surface area contributed by atoms with Crippen LogP contribution in [-0.4, -0.2) is 42.5 Å². The Morgan fingerprint density at radius 3 is 2.06 bits per heavy atom. The number of carbonyl (C=O) groups excluding carboxylic acids is 2. The zero-order valence-corrected chi connectivity index (χ0v) is 20.6. The Morgan fingerprint density at radius 1 is 1.09 bits per heavy atom. The fourth-order valence-corrected chi connectivity index (χ4v) is 2.83. The molecule has 0 aliphatic carbocycles. The fourth-order valence-electron chi connectivity index (χ4n) is 2.35. The molecule has 2 aromatic rings. The first-order valence-electron chi connectivity index (χ1n) is 10.2. The van der Waals surface area contributed by atoms with E-state index in [2.05, 4.69) is 5.32 Å². The molecule has 0 unspecified atom stereocenters. The van der Waals surface area contributed by atoms with Crippen LogP contribution >= 0.6 is 0 Å². The van der Waals surface area contributed by atoms with Gasteiger partial charge in [0, 0.05) is 6.42 Å². The van der Waals surface area contributed by atoms with Crippen molar-refractivity contribution in [2.75, 3.05) is 0 Å². The van der Waals surface area contributed by atoms with E-state index >= 15 is 0 Å². The molecule has 2 aromatic carbocycles. The first-order valence-corrected chi connectivity index (χ1v) is 11.7. The number of carbonyl (C=O) groups is 2. The van der Waals surface area contributed by atoms with Gasteiger partial charge in [0.25, 0.3) is 10.1 Å². The summed E-state index contributed by atoms with van der Waals surface area (Å²) in [5, 5.41) is 9.64. The minimum Gasteiger partial charge on any atom is -0.444 e. The predicted octanol–water partition coefficient (Wildman–Crippen LogP) is 3.23. The highest BCUT2D eigenvalue weighted by molar-refractivity contribution is 7.85. The van der Waals surface area contributed by atoms with Crippen molar-refractivity contribution < 1.29 is 32.0 Å². The number of nitrogens with two attached hydrogens (primary N) is 1. The fraction of sp³-hybridized carbons (Fsp3) is 0.348. The van der Waals surface area contributed by atoms with Gasteiger partial charge in [-0.3, -0.25) is 9.96 Å². The summed E-state index contributed by atoms with van der Waals surface area (Å²) in [6.45, 7) is 8.55. The van der Waals surface area contributed by atoms with E-state index in [9.17, 15) is 18.0 Å². The lowest BCUT2D eigenvalue weighted by Crippen LogP contribution is -2.43. The lowest BCUT2D eigenvalue weighted by Gasteiger charge is -2.21. The summed E-state index contributed by atoms with van der Waals surface area (Å²) >= 11 is 0. The molecule has 1 amide bonds. The average molecular weight is 494 g/mol. The molecule has 34 heavy (non-hydrogen) atoms. The number of hydrogen-bond donors (Lipinski definition) is 4. The number of amides is 1. The summed E-state index contributed by atoms with van der Waals surface area (Å²) < 4.78 is 39.8. The van der Waals surface area contributed by atoms with Gasteiger partial charge in [0.1, 0.15) is 17.4 Å². The molecule has 2 rings (SSSR count). The molecule has 0 aromatic heterocycles. The molecule has 0 saturated carbocycles.